The Morgan fingerprint density at radius 3 is 2.51 bits per heavy atom. The van der Waals surface area contributed by atoms with Gasteiger partial charge in [0.1, 0.15) is 16.7 Å². The average Bonchev–Trinajstić information content (AvgIpc) is 3.52. The van der Waals surface area contributed by atoms with Crippen molar-refractivity contribution in [2.24, 2.45) is 11.8 Å². The van der Waals surface area contributed by atoms with Gasteiger partial charge in [0.2, 0.25) is 10.0 Å². The van der Waals surface area contributed by atoms with Gasteiger partial charge in [0.15, 0.2) is 0 Å². The summed E-state index contributed by atoms with van der Waals surface area (Å²) >= 11 is 8.38. The van der Waals surface area contributed by atoms with Gasteiger partial charge in [-0.15, -0.1) is 11.8 Å². The molecular weight excluding hydrogens is 582 g/mol. The number of anilines is 1. The maximum Gasteiger partial charge on any atom is 0.409 e. The Bertz CT molecular complexity index is 1480. The number of aromatic nitrogens is 2. The molecule has 0 saturated carbocycles. The highest BCUT2D eigenvalue weighted by Crippen LogP contribution is 2.43. The number of thioether (sulfide) groups is 1. The molecule has 2 aliphatic rings. The second-order valence-corrected chi connectivity index (χ2v) is 14.3. The number of halogens is 1. The summed E-state index contributed by atoms with van der Waals surface area (Å²) in [5.41, 5.74) is 3.01. The minimum atomic E-state index is -3.33. The molecule has 220 valence electrons. The summed E-state index contributed by atoms with van der Waals surface area (Å²) < 4.78 is 27.3. The number of benzene rings is 2. The van der Waals surface area contributed by atoms with Crippen LogP contribution in [0, 0.1) is 11.8 Å². The molecule has 0 spiro atoms. The number of likely N-dealkylation sites (tertiary alicyclic amines) is 1. The first kappa shape index (κ1) is 29.9. The highest BCUT2D eigenvalue weighted by molar-refractivity contribution is 7.98. The molecule has 2 fully saturated rings. The molecule has 0 bridgehead atoms. The van der Waals surface area contributed by atoms with Gasteiger partial charge in [0.25, 0.3) is 0 Å². The van der Waals surface area contributed by atoms with Crippen LogP contribution in [0.25, 0.3) is 11.3 Å². The zero-order valence-electron chi connectivity index (χ0n) is 23.4. The summed E-state index contributed by atoms with van der Waals surface area (Å²) in [5, 5.41) is 11.7. The van der Waals surface area contributed by atoms with E-state index in [1.807, 2.05) is 0 Å². The number of carbonyl (C=O) groups is 1. The molecule has 2 saturated heterocycles. The maximum absolute atomic E-state index is 12.8. The second-order valence-electron chi connectivity index (χ2n) is 11.2. The summed E-state index contributed by atoms with van der Waals surface area (Å²) in [5.74, 6) is 1.36. The minimum Gasteiger partial charge on any atom is -0.465 e. The zero-order valence-corrected chi connectivity index (χ0v) is 25.8. The molecular formula is C29H36ClN5O4S2. The van der Waals surface area contributed by atoms with Crippen molar-refractivity contribution in [1.29, 1.82) is 0 Å². The summed E-state index contributed by atoms with van der Waals surface area (Å²) in [6, 6.07) is 15.3. The monoisotopic (exact) mass is 617 g/mol. The molecule has 3 N–H and O–H groups in total. The van der Waals surface area contributed by atoms with Crippen LogP contribution in [0.5, 0.6) is 0 Å². The molecule has 1 aromatic heterocycles. The smallest absolute Gasteiger partial charge is 0.409 e. The number of imidazole rings is 1. The van der Waals surface area contributed by atoms with E-state index in [9.17, 15) is 13.2 Å². The third-order valence-electron chi connectivity index (χ3n) is 8.21. The van der Waals surface area contributed by atoms with Crippen LogP contribution >= 0.6 is 23.4 Å². The van der Waals surface area contributed by atoms with Crippen molar-refractivity contribution >= 4 is 45.2 Å². The molecule has 2 aliphatic heterocycles. The van der Waals surface area contributed by atoms with Crippen molar-refractivity contribution in [3.63, 3.8) is 0 Å². The second kappa shape index (κ2) is 12.3. The lowest BCUT2D eigenvalue weighted by molar-refractivity contribution is 0.150. The van der Waals surface area contributed by atoms with Crippen molar-refractivity contribution < 1.29 is 18.3 Å². The van der Waals surface area contributed by atoms with Crippen LogP contribution in [0.2, 0.25) is 5.15 Å². The number of sulfonamides is 1. The van der Waals surface area contributed by atoms with Crippen LogP contribution in [0.1, 0.15) is 43.6 Å². The van der Waals surface area contributed by atoms with Crippen molar-refractivity contribution in [3.05, 3.63) is 65.1 Å². The van der Waals surface area contributed by atoms with Gasteiger partial charge < -0.3 is 10.1 Å². The lowest BCUT2D eigenvalue weighted by Gasteiger charge is -2.40. The van der Waals surface area contributed by atoms with Gasteiger partial charge in [-0.1, -0.05) is 42.8 Å². The summed E-state index contributed by atoms with van der Waals surface area (Å²) in [6.07, 6.45) is 4.74. The van der Waals surface area contributed by atoms with Gasteiger partial charge in [0, 0.05) is 41.8 Å². The fourth-order valence-corrected chi connectivity index (χ4v) is 8.04. The fourth-order valence-electron chi connectivity index (χ4n) is 6.20. The number of nitrogens with one attached hydrogen (secondary N) is 2. The van der Waals surface area contributed by atoms with Crippen LogP contribution < -0.4 is 5.32 Å². The van der Waals surface area contributed by atoms with E-state index >= 15 is 0 Å². The van der Waals surface area contributed by atoms with Crippen LogP contribution in [-0.2, 0) is 16.6 Å². The van der Waals surface area contributed by atoms with E-state index in [-0.39, 0.29) is 18.0 Å². The quantitative estimate of drug-likeness (QED) is 0.259. The topological polar surface area (TPSA) is 119 Å². The number of hydrogen-bond acceptors (Lipinski definition) is 6. The van der Waals surface area contributed by atoms with E-state index in [1.165, 1.54) is 16.7 Å². The van der Waals surface area contributed by atoms with Crippen LogP contribution in [-0.4, -0.2) is 70.4 Å². The molecule has 2 aromatic carbocycles. The normalized spacial score (nSPS) is 24.0. The van der Waals surface area contributed by atoms with Crippen molar-refractivity contribution in [1.82, 2.24) is 19.2 Å². The van der Waals surface area contributed by atoms with Gasteiger partial charge in [0.05, 0.1) is 12.3 Å². The van der Waals surface area contributed by atoms with E-state index in [4.69, 9.17) is 21.7 Å². The molecule has 41 heavy (non-hydrogen) atoms. The Morgan fingerprint density at radius 1 is 1.17 bits per heavy atom. The van der Waals surface area contributed by atoms with E-state index in [0.29, 0.717) is 35.5 Å². The van der Waals surface area contributed by atoms with E-state index < -0.39 is 16.1 Å². The molecule has 3 heterocycles. The van der Waals surface area contributed by atoms with E-state index in [1.54, 1.807) is 40.3 Å². The number of carboxylic acid groups (broad SMARTS) is 1. The molecule has 12 heteroatoms. The first-order chi connectivity index (χ1) is 19.5. The molecule has 0 aliphatic carbocycles. The number of rotatable bonds is 8. The van der Waals surface area contributed by atoms with Crippen molar-refractivity contribution in [3.8, 4) is 11.3 Å². The predicted molar refractivity (Wildman–Crippen MR) is 164 cm³/mol. The van der Waals surface area contributed by atoms with E-state index in [2.05, 4.69) is 52.6 Å². The maximum atomic E-state index is 12.8. The predicted octanol–water partition coefficient (Wildman–Crippen LogP) is 6.17. The fraction of sp³-hybridized carbons (Fsp3) is 0.448. The molecule has 5 rings (SSSR count). The zero-order chi connectivity index (χ0) is 29.3. The Labute approximate surface area is 250 Å². The lowest BCUT2D eigenvalue weighted by atomic mass is 9.85. The Kier molecular flexibility index (Phi) is 9.01. The molecule has 2 unspecified atom stereocenters. The third-order valence-corrected chi connectivity index (χ3v) is 10.5. The lowest BCUT2D eigenvalue weighted by Crippen LogP contribution is -2.49. The average molecular weight is 618 g/mol. The van der Waals surface area contributed by atoms with E-state index in [0.717, 1.165) is 37.2 Å². The molecule has 9 nitrogen and oxygen atoms in total. The molecule has 1 amide bonds. The Morgan fingerprint density at radius 2 is 1.88 bits per heavy atom. The summed E-state index contributed by atoms with van der Waals surface area (Å²) in [7, 11) is -3.33. The molecule has 4 atom stereocenters. The highest BCUT2D eigenvalue weighted by atomic mass is 35.5. The van der Waals surface area contributed by atoms with Gasteiger partial charge in [-0.2, -0.15) is 4.31 Å². The van der Waals surface area contributed by atoms with Crippen LogP contribution in [0.4, 0.5) is 10.5 Å². The number of H-pyrrole nitrogens is 1. The standard InChI is InChI=1S/C29H36ClN5O4S2/c1-18-12-13-35(41(3,38)39)24(14-18)21-15-25(34(17-21)16-19-4-10-23(40-2)11-5-19)28-32-26(27(30)33-28)20-6-8-22(9-7-20)31-29(36)37/h4-11,18,21,24-25,31H,12-17H2,1-3H3,(H,32,33)(H,36,37)/t18?,21-,24?,25+/m1/s1. The largest absolute Gasteiger partial charge is 0.465 e. The van der Waals surface area contributed by atoms with Crippen LogP contribution in [0.15, 0.2) is 53.4 Å². The summed E-state index contributed by atoms with van der Waals surface area (Å²) in [4.78, 5) is 22.8. The molecule has 3 aromatic rings. The van der Waals surface area contributed by atoms with Gasteiger partial charge in [-0.3, -0.25) is 10.2 Å². The molecule has 0 radical (unpaired) electrons. The minimum absolute atomic E-state index is 0.0562. The van der Waals surface area contributed by atoms with Gasteiger partial charge in [-0.25, -0.2) is 18.2 Å². The first-order valence-corrected chi connectivity index (χ1v) is 17.2. The summed E-state index contributed by atoms with van der Waals surface area (Å²) in [6.45, 7) is 4.23. The Balaban J connectivity index is 1.45. The first-order valence-electron chi connectivity index (χ1n) is 13.7. The SMILES string of the molecule is CSc1ccc(CN2C[C@H](C3CC(C)CCN3S(C)(=O)=O)C[C@H]2c2nc(-c3ccc(NC(=O)O)cc3)c(Cl)[nH]2)cc1. The third kappa shape index (κ3) is 6.91. The van der Waals surface area contributed by atoms with Gasteiger partial charge in [-0.05, 0) is 67.2 Å². The Hall–Kier alpha value is -2.57. The highest BCUT2D eigenvalue weighted by Gasteiger charge is 2.44. The van der Waals surface area contributed by atoms with Crippen molar-refractivity contribution in [2.75, 3.05) is 30.9 Å². The number of aromatic amines is 1. The number of nitrogens with zero attached hydrogens (tertiary/aromatic N) is 3. The number of piperidine rings is 1. The number of amides is 1. The number of hydrogen-bond donors (Lipinski definition) is 3. The van der Waals surface area contributed by atoms with Crippen LogP contribution in [0.3, 0.4) is 0 Å². The van der Waals surface area contributed by atoms with Gasteiger partial charge >= 0.3 is 6.09 Å². The van der Waals surface area contributed by atoms with Crippen molar-refractivity contribution in [2.45, 2.75) is 49.7 Å².